The smallest absolute Gasteiger partial charge is 0.265 e. The fraction of sp³-hybridized carbons (Fsp3) is 0.167. The molecule has 112 valence electrons. The van der Waals surface area contributed by atoms with Crippen molar-refractivity contribution in [2.75, 3.05) is 24.2 Å². The molecule has 21 heavy (non-hydrogen) atoms. The number of hydrogen-bond acceptors (Lipinski definition) is 6. The summed E-state index contributed by atoms with van der Waals surface area (Å²) in [5.74, 6) is 0.753. The van der Waals surface area contributed by atoms with Gasteiger partial charge in [-0.1, -0.05) is 15.9 Å². The van der Waals surface area contributed by atoms with Crippen molar-refractivity contribution in [3.63, 3.8) is 0 Å². The molecule has 2 aromatic rings. The van der Waals surface area contributed by atoms with Gasteiger partial charge in [0.1, 0.15) is 10.6 Å². The molecule has 0 atom stereocenters. The van der Waals surface area contributed by atoms with Crippen molar-refractivity contribution in [1.82, 2.24) is 9.97 Å². The summed E-state index contributed by atoms with van der Waals surface area (Å²) in [6, 6.07) is 5.02. The standard InChI is InChI=1S/C12H13BrN4O3S/c1-14-12-15-6-9(7-16-12)21(18,19)17-10-5-8(13)3-4-11(10)20-2/h3-7,17H,1-2H3,(H,14,15,16). The van der Waals surface area contributed by atoms with Gasteiger partial charge in [-0.2, -0.15) is 0 Å². The van der Waals surface area contributed by atoms with E-state index in [2.05, 4.69) is 35.9 Å². The lowest BCUT2D eigenvalue weighted by atomic mass is 10.3. The van der Waals surface area contributed by atoms with Crippen LogP contribution in [0.3, 0.4) is 0 Å². The fourth-order valence-corrected chi connectivity index (χ4v) is 2.86. The molecule has 1 aromatic heterocycles. The summed E-state index contributed by atoms with van der Waals surface area (Å²) in [5, 5.41) is 2.72. The first-order valence-electron chi connectivity index (χ1n) is 5.82. The third-order valence-electron chi connectivity index (χ3n) is 2.57. The van der Waals surface area contributed by atoms with Crippen LogP contribution in [0, 0.1) is 0 Å². The van der Waals surface area contributed by atoms with Gasteiger partial charge in [0, 0.05) is 11.5 Å². The third-order valence-corrected chi connectivity index (χ3v) is 4.38. The van der Waals surface area contributed by atoms with E-state index >= 15 is 0 Å². The van der Waals surface area contributed by atoms with Crippen LogP contribution in [-0.2, 0) is 10.0 Å². The van der Waals surface area contributed by atoms with E-state index in [1.54, 1.807) is 25.2 Å². The molecule has 1 heterocycles. The first kappa shape index (κ1) is 15.5. The number of hydrogen-bond donors (Lipinski definition) is 2. The molecule has 0 spiro atoms. The number of halogens is 1. The first-order valence-corrected chi connectivity index (χ1v) is 8.10. The highest BCUT2D eigenvalue weighted by atomic mass is 79.9. The maximum absolute atomic E-state index is 12.3. The topological polar surface area (TPSA) is 93.2 Å². The van der Waals surface area contributed by atoms with Gasteiger partial charge >= 0.3 is 0 Å². The summed E-state index contributed by atoms with van der Waals surface area (Å²) in [6.45, 7) is 0. The largest absolute Gasteiger partial charge is 0.495 e. The van der Waals surface area contributed by atoms with Crippen LogP contribution in [0.2, 0.25) is 0 Å². The summed E-state index contributed by atoms with van der Waals surface area (Å²) >= 11 is 3.28. The maximum atomic E-state index is 12.3. The fourth-order valence-electron chi connectivity index (χ4n) is 1.55. The van der Waals surface area contributed by atoms with E-state index in [1.165, 1.54) is 19.5 Å². The molecular weight excluding hydrogens is 360 g/mol. The van der Waals surface area contributed by atoms with Crippen LogP contribution < -0.4 is 14.8 Å². The second-order valence-corrected chi connectivity index (χ2v) is 6.54. The maximum Gasteiger partial charge on any atom is 0.265 e. The van der Waals surface area contributed by atoms with Gasteiger partial charge in [0.15, 0.2) is 0 Å². The quantitative estimate of drug-likeness (QED) is 0.834. The number of anilines is 2. The van der Waals surface area contributed by atoms with Crippen molar-refractivity contribution < 1.29 is 13.2 Å². The lowest BCUT2D eigenvalue weighted by Gasteiger charge is -2.12. The Balaban J connectivity index is 2.34. The van der Waals surface area contributed by atoms with Crippen LogP contribution in [0.5, 0.6) is 5.75 Å². The van der Waals surface area contributed by atoms with Gasteiger partial charge in [0.2, 0.25) is 5.95 Å². The number of aromatic nitrogens is 2. The third kappa shape index (κ3) is 3.61. The molecule has 0 saturated heterocycles. The first-order chi connectivity index (χ1) is 9.96. The van der Waals surface area contributed by atoms with E-state index in [9.17, 15) is 8.42 Å². The summed E-state index contributed by atoms with van der Waals surface area (Å²) in [7, 11) is -0.680. The van der Waals surface area contributed by atoms with Gasteiger partial charge < -0.3 is 10.1 Å². The Kier molecular flexibility index (Phi) is 4.63. The molecule has 7 nitrogen and oxygen atoms in total. The summed E-state index contributed by atoms with van der Waals surface area (Å²) < 4.78 is 32.9. The van der Waals surface area contributed by atoms with Crippen LogP contribution in [-0.4, -0.2) is 32.5 Å². The van der Waals surface area contributed by atoms with Crippen molar-refractivity contribution in [2.24, 2.45) is 0 Å². The van der Waals surface area contributed by atoms with E-state index in [1.807, 2.05) is 0 Å². The van der Waals surface area contributed by atoms with Crippen molar-refractivity contribution in [3.05, 3.63) is 35.1 Å². The van der Waals surface area contributed by atoms with Crippen LogP contribution in [0.1, 0.15) is 0 Å². The summed E-state index contributed by atoms with van der Waals surface area (Å²) in [5.41, 5.74) is 0.324. The molecule has 0 bridgehead atoms. The molecular formula is C12H13BrN4O3S. The van der Waals surface area contributed by atoms with Gasteiger partial charge in [-0.15, -0.1) is 0 Å². The molecule has 0 fully saturated rings. The van der Waals surface area contributed by atoms with Gasteiger partial charge in [-0.05, 0) is 18.2 Å². The zero-order valence-electron chi connectivity index (χ0n) is 11.3. The number of sulfonamides is 1. The van der Waals surface area contributed by atoms with Crippen LogP contribution >= 0.6 is 15.9 Å². The van der Waals surface area contributed by atoms with Crippen molar-refractivity contribution in [2.45, 2.75) is 4.90 Å². The van der Waals surface area contributed by atoms with Gasteiger partial charge in [0.05, 0.1) is 25.2 Å². The molecule has 1 aromatic carbocycles. The average Bonchev–Trinajstić information content (AvgIpc) is 2.47. The average molecular weight is 373 g/mol. The highest BCUT2D eigenvalue weighted by molar-refractivity contribution is 9.10. The Hall–Kier alpha value is -1.87. The second kappa shape index (κ2) is 6.27. The predicted molar refractivity (Wildman–Crippen MR) is 83.1 cm³/mol. The van der Waals surface area contributed by atoms with Crippen LogP contribution in [0.4, 0.5) is 11.6 Å². The lowest BCUT2D eigenvalue weighted by molar-refractivity contribution is 0.417. The Morgan fingerprint density at radius 1 is 1.24 bits per heavy atom. The molecule has 0 amide bonds. The normalized spacial score (nSPS) is 11.0. The van der Waals surface area contributed by atoms with Crippen LogP contribution in [0.15, 0.2) is 40.0 Å². The Bertz CT molecular complexity index is 735. The zero-order chi connectivity index (χ0) is 15.5. The Morgan fingerprint density at radius 2 is 1.90 bits per heavy atom. The zero-order valence-corrected chi connectivity index (χ0v) is 13.7. The monoisotopic (exact) mass is 372 g/mol. The molecule has 0 unspecified atom stereocenters. The molecule has 9 heteroatoms. The van der Waals surface area contributed by atoms with Crippen LogP contribution in [0.25, 0.3) is 0 Å². The highest BCUT2D eigenvalue weighted by Gasteiger charge is 2.17. The summed E-state index contributed by atoms with van der Waals surface area (Å²) in [6.07, 6.45) is 2.46. The van der Waals surface area contributed by atoms with E-state index in [0.29, 0.717) is 17.4 Å². The van der Waals surface area contributed by atoms with Gasteiger partial charge in [-0.3, -0.25) is 4.72 Å². The van der Waals surface area contributed by atoms with E-state index in [-0.39, 0.29) is 4.90 Å². The van der Waals surface area contributed by atoms with Gasteiger partial charge in [0.25, 0.3) is 10.0 Å². The molecule has 2 rings (SSSR count). The van der Waals surface area contributed by atoms with Crippen molar-refractivity contribution in [1.29, 1.82) is 0 Å². The van der Waals surface area contributed by atoms with Crippen molar-refractivity contribution in [3.8, 4) is 5.75 Å². The number of nitrogens with one attached hydrogen (secondary N) is 2. The molecule has 2 N–H and O–H groups in total. The summed E-state index contributed by atoms with van der Waals surface area (Å²) in [4.78, 5) is 7.73. The minimum atomic E-state index is -3.79. The molecule has 0 aliphatic carbocycles. The number of nitrogens with zero attached hydrogens (tertiary/aromatic N) is 2. The minimum Gasteiger partial charge on any atom is -0.495 e. The predicted octanol–water partition coefficient (Wildman–Crippen LogP) is 2.09. The van der Waals surface area contributed by atoms with Crippen molar-refractivity contribution >= 4 is 37.6 Å². The van der Waals surface area contributed by atoms with E-state index < -0.39 is 10.0 Å². The van der Waals surface area contributed by atoms with Gasteiger partial charge in [-0.25, -0.2) is 18.4 Å². The number of ether oxygens (including phenoxy) is 1. The number of benzene rings is 1. The number of methoxy groups -OCH3 is 1. The Labute approximate surface area is 130 Å². The molecule has 0 aliphatic heterocycles. The molecule has 0 saturated carbocycles. The lowest BCUT2D eigenvalue weighted by Crippen LogP contribution is -2.14. The number of rotatable bonds is 5. The molecule has 0 radical (unpaired) electrons. The van der Waals surface area contributed by atoms with E-state index in [4.69, 9.17) is 4.74 Å². The van der Waals surface area contributed by atoms with E-state index in [0.717, 1.165) is 4.47 Å². The Morgan fingerprint density at radius 3 is 2.48 bits per heavy atom. The highest BCUT2D eigenvalue weighted by Crippen LogP contribution is 2.29. The SMILES string of the molecule is CNc1ncc(S(=O)(=O)Nc2cc(Br)ccc2OC)cn1. The molecule has 0 aliphatic rings. The minimum absolute atomic E-state index is 0.0384. The second-order valence-electron chi connectivity index (χ2n) is 3.94.